The molecule has 3 N–H and O–H groups in total. The fourth-order valence-corrected chi connectivity index (χ4v) is 7.02. The van der Waals surface area contributed by atoms with Crippen LogP contribution in [0.25, 0.3) is 0 Å². The lowest BCUT2D eigenvalue weighted by atomic mass is 10.0. The molecule has 0 bridgehead atoms. The zero-order chi connectivity index (χ0) is 42.8. The fourth-order valence-electron chi connectivity index (χ4n) is 7.02. The highest BCUT2D eigenvalue weighted by molar-refractivity contribution is 5.76. The predicted octanol–water partition coefficient (Wildman–Crippen LogP) is 16.2. The maximum Gasteiger partial charge on any atom is 0.220 e. The van der Waals surface area contributed by atoms with E-state index in [9.17, 15) is 15.0 Å². The van der Waals surface area contributed by atoms with Gasteiger partial charge >= 0.3 is 0 Å². The van der Waals surface area contributed by atoms with Crippen molar-refractivity contribution < 1.29 is 15.0 Å². The second-order valence-corrected chi connectivity index (χ2v) is 16.5. The van der Waals surface area contributed by atoms with Gasteiger partial charge in [0.2, 0.25) is 5.91 Å². The number of unbranched alkanes of at least 4 members (excludes halogenated alkanes) is 23. The fraction of sp³-hybridized carbons (Fsp3) is 0.691. The average molecular weight is 818 g/mol. The minimum absolute atomic E-state index is 0.0778. The number of carbonyl (C=O) groups is 1. The number of hydrogen-bond acceptors (Lipinski definition) is 3. The van der Waals surface area contributed by atoms with Crippen molar-refractivity contribution in [3.05, 3.63) is 97.2 Å². The van der Waals surface area contributed by atoms with Crippen LogP contribution in [0.15, 0.2) is 97.2 Å². The van der Waals surface area contributed by atoms with Crippen LogP contribution >= 0.6 is 0 Å². The van der Waals surface area contributed by atoms with Crippen molar-refractivity contribution in [1.82, 2.24) is 5.32 Å². The van der Waals surface area contributed by atoms with Gasteiger partial charge in [-0.05, 0) is 83.5 Å². The lowest BCUT2D eigenvalue weighted by molar-refractivity contribution is -0.123. The molecule has 0 saturated carbocycles. The molecular weight excluding hydrogens is 723 g/mol. The van der Waals surface area contributed by atoms with Crippen molar-refractivity contribution >= 4 is 5.91 Å². The Hall–Kier alpha value is -2.69. The minimum atomic E-state index is -0.864. The molecule has 0 aromatic heterocycles. The molecule has 0 aromatic carbocycles. The van der Waals surface area contributed by atoms with Gasteiger partial charge in [0.25, 0.3) is 0 Å². The molecule has 338 valence electrons. The van der Waals surface area contributed by atoms with Gasteiger partial charge in [-0.15, -0.1) is 0 Å². The van der Waals surface area contributed by atoms with Crippen LogP contribution in [0, 0.1) is 0 Å². The molecule has 59 heavy (non-hydrogen) atoms. The number of aliphatic hydroxyl groups is 2. The highest BCUT2D eigenvalue weighted by Gasteiger charge is 2.17. The Bertz CT molecular complexity index is 1110. The van der Waals surface area contributed by atoms with Crippen molar-refractivity contribution in [2.75, 3.05) is 6.61 Å². The number of rotatable bonds is 44. The van der Waals surface area contributed by atoms with Gasteiger partial charge in [0.1, 0.15) is 0 Å². The first kappa shape index (κ1) is 56.3. The predicted molar refractivity (Wildman–Crippen MR) is 262 cm³/mol. The van der Waals surface area contributed by atoms with E-state index in [1.165, 1.54) is 135 Å². The van der Waals surface area contributed by atoms with Crippen LogP contribution in [0.3, 0.4) is 0 Å². The van der Waals surface area contributed by atoms with Crippen molar-refractivity contribution in [2.45, 2.75) is 238 Å². The van der Waals surface area contributed by atoms with E-state index < -0.39 is 12.1 Å². The highest BCUT2D eigenvalue weighted by Crippen LogP contribution is 2.15. The first-order valence-corrected chi connectivity index (χ1v) is 25.0. The highest BCUT2D eigenvalue weighted by atomic mass is 16.3. The number of amides is 1. The smallest absolute Gasteiger partial charge is 0.220 e. The second kappa shape index (κ2) is 49.7. The van der Waals surface area contributed by atoms with E-state index in [2.05, 4.69) is 104 Å². The summed E-state index contributed by atoms with van der Waals surface area (Å²) >= 11 is 0. The Morgan fingerprint density at radius 1 is 0.424 bits per heavy atom. The van der Waals surface area contributed by atoms with Crippen molar-refractivity contribution in [1.29, 1.82) is 0 Å². The summed E-state index contributed by atoms with van der Waals surface area (Å²) in [4.78, 5) is 12.4. The van der Waals surface area contributed by atoms with E-state index in [1.807, 2.05) is 6.08 Å². The number of allylic oxidation sites excluding steroid dienone is 15. The number of aliphatic hydroxyl groups excluding tert-OH is 2. The van der Waals surface area contributed by atoms with Gasteiger partial charge in [0.05, 0.1) is 18.8 Å². The zero-order valence-corrected chi connectivity index (χ0v) is 38.7. The average Bonchev–Trinajstić information content (AvgIpc) is 3.24. The van der Waals surface area contributed by atoms with Crippen LogP contribution < -0.4 is 5.32 Å². The Morgan fingerprint density at radius 3 is 1.19 bits per heavy atom. The van der Waals surface area contributed by atoms with E-state index in [0.29, 0.717) is 6.42 Å². The first-order valence-electron chi connectivity index (χ1n) is 25.0. The second-order valence-electron chi connectivity index (χ2n) is 16.5. The molecule has 2 unspecified atom stereocenters. The molecule has 1 amide bonds. The van der Waals surface area contributed by atoms with E-state index in [-0.39, 0.29) is 12.5 Å². The summed E-state index contributed by atoms with van der Waals surface area (Å²) in [5.41, 5.74) is 0. The number of hydrogen-bond donors (Lipinski definition) is 3. The Kier molecular flexibility index (Phi) is 47.4. The maximum atomic E-state index is 12.4. The largest absolute Gasteiger partial charge is 0.394 e. The van der Waals surface area contributed by atoms with Crippen LogP contribution in [0.2, 0.25) is 0 Å². The summed E-state index contributed by atoms with van der Waals surface area (Å²) in [6.45, 7) is 4.16. The molecule has 0 spiro atoms. The number of carbonyl (C=O) groups excluding carboxylic acids is 1. The molecule has 0 aliphatic rings. The summed E-state index contributed by atoms with van der Waals surface area (Å²) in [5, 5.41) is 23.0. The molecule has 0 saturated heterocycles. The molecule has 0 rings (SSSR count). The van der Waals surface area contributed by atoms with Crippen LogP contribution in [0.5, 0.6) is 0 Å². The van der Waals surface area contributed by atoms with Gasteiger partial charge < -0.3 is 15.5 Å². The SMILES string of the molecule is CC/C=C\C/C=C\C/C=C\C/C=C\C/C=C\C/C=C\CCCCCCCCCCCCCCCCCCC(=O)NC(CO)C(O)/C=C/CC/C=C/CCCCCCCC. The van der Waals surface area contributed by atoms with E-state index in [4.69, 9.17) is 0 Å². The molecule has 0 aliphatic carbocycles. The molecular formula is C55H95NO3. The Balaban J connectivity index is 3.52. The molecule has 0 radical (unpaired) electrons. The zero-order valence-electron chi connectivity index (χ0n) is 38.7. The molecule has 0 heterocycles. The molecule has 0 aliphatic heterocycles. The Labute approximate surface area is 366 Å². The monoisotopic (exact) mass is 818 g/mol. The molecule has 2 atom stereocenters. The lowest BCUT2D eigenvalue weighted by Gasteiger charge is -2.19. The Morgan fingerprint density at radius 2 is 0.763 bits per heavy atom. The van der Waals surface area contributed by atoms with Gasteiger partial charge in [-0.1, -0.05) is 233 Å². The summed E-state index contributed by atoms with van der Waals surface area (Å²) in [6, 6.07) is -0.642. The van der Waals surface area contributed by atoms with Crippen molar-refractivity contribution in [3.8, 4) is 0 Å². The molecule has 4 nitrogen and oxygen atoms in total. The third-order valence-electron chi connectivity index (χ3n) is 10.8. The lowest BCUT2D eigenvalue weighted by Crippen LogP contribution is -2.45. The van der Waals surface area contributed by atoms with Gasteiger partial charge in [-0.3, -0.25) is 4.79 Å². The third-order valence-corrected chi connectivity index (χ3v) is 10.8. The van der Waals surface area contributed by atoms with Crippen LogP contribution in [0.4, 0.5) is 0 Å². The van der Waals surface area contributed by atoms with Crippen LogP contribution in [-0.4, -0.2) is 34.9 Å². The van der Waals surface area contributed by atoms with Gasteiger partial charge in [0, 0.05) is 6.42 Å². The van der Waals surface area contributed by atoms with Crippen molar-refractivity contribution in [3.63, 3.8) is 0 Å². The summed E-state index contributed by atoms with van der Waals surface area (Å²) in [5.74, 6) is -0.0778. The molecule has 0 aromatic rings. The maximum absolute atomic E-state index is 12.4. The van der Waals surface area contributed by atoms with Gasteiger partial charge in [0.15, 0.2) is 0 Å². The van der Waals surface area contributed by atoms with Gasteiger partial charge in [-0.2, -0.15) is 0 Å². The van der Waals surface area contributed by atoms with E-state index in [1.54, 1.807) is 6.08 Å². The summed E-state index contributed by atoms with van der Waals surface area (Å²) < 4.78 is 0. The van der Waals surface area contributed by atoms with Crippen LogP contribution in [-0.2, 0) is 4.79 Å². The van der Waals surface area contributed by atoms with Crippen LogP contribution in [0.1, 0.15) is 226 Å². The number of nitrogens with one attached hydrogen (secondary N) is 1. The van der Waals surface area contributed by atoms with Crippen molar-refractivity contribution in [2.24, 2.45) is 0 Å². The topological polar surface area (TPSA) is 69.6 Å². The standard InChI is InChI=1S/C55H95NO3/c1-3-5-7-9-11-13-15-17-18-19-20-21-22-23-24-25-26-27-28-29-30-31-32-33-34-35-36-37-38-39-41-43-45-47-49-51-55(59)56-53(52-57)54(58)50-48-46-44-42-40-16-14-12-10-8-6-4-2/h5,7,11,13,17-18,20-21,23-24,26-27,40,42,48,50,53-54,57-58H,3-4,6,8-10,12,14-16,19,22,25,28-39,41,43-47,49,51-52H2,1-2H3,(H,56,59)/b7-5-,13-11-,18-17-,21-20-,24-23-,27-26-,42-40+,50-48+. The summed E-state index contributed by atoms with van der Waals surface area (Å²) in [7, 11) is 0. The van der Waals surface area contributed by atoms with E-state index >= 15 is 0 Å². The van der Waals surface area contributed by atoms with E-state index in [0.717, 1.165) is 70.6 Å². The normalized spacial score (nSPS) is 13.8. The quantitative estimate of drug-likeness (QED) is 0.0424. The first-order chi connectivity index (χ1) is 29.2. The minimum Gasteiger partial charge on any atom is -0.394 e. The van der Waals surface area contributed by atoms with Gasteiger partial charge in [-0.25, -0.2) is 0 Å². The molecule has 0 fully saturated rings. The third kappa shape index (κ3) is 46.2. The molecule has 4 heteroatoms. The summed E-state index contributed by atoms with van der Waals surface area (Å²) in [6.07, 6.45) is 74.0.